The van der Waals surface area contributed by atoms with Crippen LogP contribution in [0.3, 0.4) is 0 Å². The first-order valence-electron chi connectivity index (χ1n) is 9.55. The van der Waals surface area contributed by atoms with Gasteiger partial charge in [0, 0.05) is 23.4 Å². The number of quaternary nitrogens is 1. The van der Waals surface area contributed by atoms with Crippen LogP contribution in [-0.2, 0) is 11.2 Å². The lowest BCUT2D eigenvalue weighted by Gasteiger charge is -2.20. The van der Waals surface area contributed by atoms with E-state index in [9.17, 15) is 4.79 Å². The predicted octanol–water partition coefficient (Wildman–Crippen LogP) is 3.24. The zero-order chi connectivity index (χ0) is 18.6. The molecule has 0 fully saturated rings. The Balaban J connectivity index is 1.52. The third kappa shape index (κ3) is 3.79. The molecule has 136 valence electrons. The SMILES string of the molecule is Cc1ccc([C@@H]([NH2+]CC(=O)N2CCc3ccccc32)c2ccccc2)cc1. The minimum absolute atomic E-state index is 0.119. The van der Waals surface area contributed by atoms with E-state index in [-0.39, 0.29) is 11.9 Å². The molecule has 0 unspecified atom stereocenters. The molecule has 27 heavy (non-hydrogen) atoms. The van der Waals surface area contributed by atoms with E-state index >= 15 is 0 Å². The van der Waals surface area contributed by atoms with Gasteiger partial charge in [-0.2, -0.15) is 0 Å². The molecule has 0 aliphatic carbocycles. The number of aryl methyl sites for hydroxylation is 1. The third-order valence-corrected chi connectivity index (χ3v) is 5.31. The van der Waals surface area contributed by atoms with Crippen molar-refractivity contribution in [3.63, 3.8) is 0 Å². The Morgan fingerprint density at radius 3 is 2.37 bits per heavy atom. The van der Waals surface area contributed by atoms with E-state index in [0.29, 0.717) is 6.54 Å². The second-order valence-corrected chi connectivity index (χ2v) is 7.16. The van der Waals surface area contributed by atoms with Crippen LogP contribution in [-0.4, -0.2) is 19.0 Å². The molecule has 1 aliphatic heterocycles. The summed E-state index contributed by atoms with van der Waals surface area (Å²) in [7, 11) is 0. The average Bonchev–Trinajstić information content (AvgIpc) is 3.14. The van der Waals surface area contributed by atoms with Crippen molar-refractivity contribution in [3.8, 4) is 0 Å². The minimum atomic E-state index is 0.119. The summed E-state index contributed by atoms with van der Waals surface area (Å²) >= 11 is 0. The number of para-hydroxylation sites is 1. The molecule has 3 nitrogen and oxygen atoms in total. The molecule has 1 aliphatic rings. The molecular weight excluding hydrogens is 332 g/mol. The van der Waals surface area contributed by atoms with Crippen LogP contribution < -0.4 is 10.2 Å². The van der Waals surface area contributed by atoms with Gasteiger partial charge in [0.2, 0.25) is 0 Å². The fraction of sp³-hybridized carbons (Fsp3) is 0.208. The zero-order valence-corrected chi connectivity index (χ0v) is 15.6. The summed E-state index contributed by atoms with van der Waals surface area (Å²) in [4.78, 5) is 14.9. The van der Waals surface area contributed by atoms with Gasteiger partial charge in [0.25, 0.3) is 5.91 Å². The first-order chi connectivity index (χ1) is 13.2. The molecule has 0 radical (unpaired) electrons. The van der Waals surface area contributed by atoms with Crippen LogP contribution in [0.15, 0.2) is 78.9 Å². The van der Waals surface area contributed by atoms with Crippen molar-refractivity contribution in [2.24, 2.45) is 0 Å². The Morgan fingerprint density at radius 1 is 0.926 bits per heavy atom. The summed E-state index contributed by atoms with van der Waals surface area (Å²) in [5.41, 5.74) is 6.03. The highest BCUT2D eigenvalue weighted by molar-refractivity contribution is 5.96. The van der Waals surface area contributed by atoms with Crippen LogP contribution in [0.25, 0.3) is 0 Å². The second kappa shape index (κ2) is 7.77. The maximum atomic E-state index is 12.9. The molecule has 4 rings (SSSR count). The number of rotatable bonds is 5. The van der Waals surface area contributed by atoms with Crippen molar-refractivity contribution >= 4 is 11.6 Å². The van der Waals surface area contributed by atoms with Gasteiger partial charge in [-0.15, -0.1) is 0 Å². The average molecular weight is 357 g/mol. The molecule has 0 bridgehead atoms. The topological polar surface area (TPSA) is 36.9 Å². The van der Waals surface area contributed by atoms with Gasteiger partial charge in [-0.1, -0.05) is 78.4 Å². The molecule has 0 saturated carbocycles. The highest BCUT2D eigenvalue weighted by Crippen LogP contribution is 2.27. The van der Waals surface area contributed by atoms with Crippen LogP contribution in [0, 0.1) is 6.92 Å². The van der Waals surface area contributed by atoms with Crippen LogP contribution in [0.5, 0.6) is 0 Å². The van der Waals surface area contributed by atoms with Crippen molar-refractivity contribution in [2.45, 2.75) is 19.4 Å². The number of anilines is 1. The largest absolute Gasteiger partial charge is 0.328 e. The van der Waals surface area contributed by atoms with Gasteiger partial charge in [-0.3, -0.25) is 4.79 Å². The lowest BCUT2D eigenvalue weighted by molar-refractivity contribution is -0.676. The number of benzene rings is 3. The lowest BCUT2D eigenvalue weighted by Crippen LogP contribution is -2.87. The van der Waals surface area contributed by atoms with E-state index in [4.69, 9.17) is 0 Å². The van der Waals surface area contributed by atoms with E-state index in [0.717, 1.165) is 18.7 Å². The summed E-state index contributed by atoms with van der Waals surface area (Å²) in [5.74, 6) is 0.174. The molecule has 0 spiro atoms. The van der Waals surface area contributed by atoms with E-state index in [2.05, 4.69) is 72.9 Å². The Bertz CT molecular complexity index is 919. The van der Waals surface area contributed by atoms with Crippen LogP contribution >= 0.6 is 0 Å². The first-order valence-corrected chi connectivity index (χ1v) is 9.55. The first kappa shape index (κ1) is 17.5. The van der Waals surface area contributed by atoms with Crippen LogP contribution in [0.1, 0.15) is 28.3 Å². The fourth-order valence-corrected chi connectivity index (χ4v) is 3.82. The summed E-state index contributed by atoms with van der Waals surface area (Å²) in [6.07, 6.45) is 0.946. The molecule has 0 aromatic heterocycles. The molecule has 1 amide bonds. The van der Waals surface area contributed by atoms with Gasteiger partial charge >= 0.3 is 0 Å². The monoisotopic (exact) mass is 357 g/mol. The standard InChI is InChI=1S/C24H24N2O/c1-18-11-13-21(14-12-18)24(20-8-3-2-4-9-20)25-17-23(27)26-16-15-19-7-5-6-10-22(19)26/h2-14,24-25H,15-17H2,1H3/p+1/t24-/m0/s1. The van der Waals surface area contributed by atoms with Crippen molar-refractivity contribution in [1.82, 2.24) is 0 Å². The Labute approximate surface area is 160 Å². The number of hydrogen-bond donors (Lipinski definition) is 1. The Morgan fingerprint density at radius 2 is 1.59 bits per heavy atom. The number of amides is 1. The van der Waals surface area contributed by atoms with Gasteiger partial charge in [0.15, 0.2) is 6.54 Å². The minimum Gasteiger partial charge on any atom is -0.328 e. The number of fused-ring (bicyclic) bond motifs is 1. The molecular formula is C24H25N2O+. The van der Waals surface area contributed by atoms with E-state index in [1.807, 2.05) is 23.1 Å². The summed E-state index contributed by atoms with van der Waals surface area (Å²) in [6.45, 7) is 3.31. The normalized spacial score (nSPS) is 14.0. The summed E-state index contributed by atoms with van der Waals surface area (Å²) in [6, 6.07) is 27.4. The highest BCUT2D eigenvalue weighted by Gasteiger charge is 2.26. The summed E-state index contributed by atoms with van der Waals surface area (Å²) < 4.78 is 0. The molecule has 3 aromatic rings. The number of nitrogens with two attached hydrogens (primary N) is 1. The number of nitrogens with zero attached hydrogens (tertiary/aromatic N) is 1. The molecule has 2 N–H and O–H groups in total. The van der Waals surface area contributed by atoms with Crippen molar-refractivity contribution in [1.29, 1.82) is 0 Å². The highest BCUT2D eigenvalue weighted by atomic mass is 16.2. The van der Waals surface area contributed by atoms with E-state index in [1.165, 1.54) is 22.3 Å². The van der Waals surface area contributed by atoms with E-state index in [1.54, 1.807) is 0 Å². The molecule has 0 saturated heterocycles. The maximum absolute atomic E-state index is 12.9. The van der Waals surface area contributed by atoms with Gasteiger partial charge in [0.05, 0.1) is 0 Å². The zero-order valence-electron chi connectivity index (χ0n) is 15.6. The van der Waals surface area contributed by atoms with Crippen LogP contribution in [0.2, 0.25) is 0 Å². The number of carbonyl (C=O) groups excluding carboxylic acids is 1. The summed E-state index contributed by atoms with van der Waals surface area (Å²) in [5, 5.41) is 2.16. The smallest absolute Gasteiger partial charge is 0.282 e. The molecule has 3 aromatic carbocycles. The van der Waals surface area contributed by atoms with Crippen molar-refractivity contribution in [3.05, 3.63) is 101 Å². The van der Waals surface area contributed by atoms with Crippen molar-refractivity contribution in [2.75, 3.05) is 18.0 Å². The second-order valence-electron chi connectivity index (χ2n) is 7.16. The lowest BCUT2D eigenvalue weighted by atomic mass is 9.98. The van der Waals surface area contributed by atoms with Crippen LogP contribution in [0.4, 0.5) is 5.69 Å². The predicted molar refractivity (Wildman–Crippen MR) is 109 cm³/mol. The number of hydrogen-bond acceptors (Lipinski definition) is 1. The maximum Gasteiger partial charge on any atom is 0.282 e. The number of carbonyl (C=O) groups is 1. The van der Waals surface area contributed by atoms with Gasteiger partial charge < -0.3 is 10.2 Å². The van der Waals surface area contributed by atoms with Crippen molar-refractivity contribution < 1.29 is 10.1 Å². The Hall–Kier alpha value is -2.91. The van der Waals surface area contributed by atoms with Gasteiger partial charge in [-0.05, 0) is 25.0 Å². The van der Waals surface area contributed by atoms with Gasteiger partial charge in [0.1, 0.15) is 6.04 Å². The fourth-order valence-electron chi connectivity index (χ4n) is 3.82. The molecule has 1 heterocycles. The van der Waals surface area contributed by atoms with E-state index < -0.39 is 0 Å². The van der Waals surface area contributed by atoms with Gasteiger partial charge in [-0.25, -0.2) is 0 Å². The third-order valence-electron chi connectivity index (χ3n) is 5.31. The quantitative estimate of drug-likeness (QED) is 0.748. The molecule has 1 atom stereocenters. The Kier molecular flexibility index (Phi) is 5.03. The molecule has 3 heteroatoms.